The van der Waals surface area contributed by atoms with Gasteiger partial charge in [-0.25, -0.2) is 13.1 Å². The van der Waals surface area contributed by atoms with Crippen LogP contribution in [0.4, 0.5) is 0 Å². The van der Waals surface area contributed by atoms with Crippen LogP contribution in [0.15, 0.2) is 47.4 Å². The minimum atomic E-state index is -3.94. The molecule has 0 aliphatic carbocycles. The summed E-state index contributed by atoms with van der Waals surface area (Å²) >= 11 is 0. The number of hydrogen-bond acceptors (Lipinski definition) is 6. The van der Waals surface area contributed by atoms with Gasteiger partial charge in [-0.05, 0) is 54.3 Å². The molecule has 9 nitrogen and oxygen atoms in total. The lowest BCUT2D eigenvalue weighted by molar-refractivity contribution is -0.129. The Hall–Kier alpha value is -3.42. The van der Waals surface area contributed by atoms with Crippen molar-refractivity contribution in [3.8, 4) is 11.8 Å². The number of benzene rings is 2. The van der Waals surface area contributed by atoms with Crippen molar-refractivity contribution in [3.63, 3.8) is 0 Å². The third-order valence-electron chi connectivity index (χ3n) is 4.21. The monoisotopic (exact) mass is 444 g/mol. The molecule has 0 saturated carbocycles. The fourth-order valence-corrected chi connectivity index (χ4v) is 3.54. The molecule has 0 aliphatic rings. The van der Waals surface area contributed by atoms with Crippen molar-refractivity contribution in [1.82, 2.24) is 15.6 Å². The summed E-state index contributed by atoms with van der Waals surface area (Å²) in [5, 5.41) is 8.75. The average molecular weight is 445 g/mol. The van der Waals surface area contributed by atoms with Crippen molar-refractivity contribution in [2.45, 2.75) is 31.6 Å². The Morgan fingerprint density at radius 1 is 1.06 bits per heavy atom. The second-order valence-electron chi connectivity index (χ2n) is 7.04. The molecular formula is C21H24N4O5S. The lowest BCUT2D eigenvalue weighted by Gasteiger charge is -2.15. The van der Waals surface area contributed by atoms with Gasteiger partial charge >= 0.3 is 0 Å². The molecule has 0 aliphatic heterocycles. The zero-order chi connectivity index (χ0) is 23.0. The van der Waals surface area contributed by atoms with Crippen LogP contribution in [0.25, 0.3) is 0 Å². The third-order valence-corrected chi connectivity index (χ3v) is 5.62. The summed E-state index contributed by atoms with van der Waals surface area (Å²) in [4.78, 5) is 23.7. The third kappa shape index (κ3) is 7.09. The maximum atomic E-state index is 12.2. The van der Waals surface area contributed by atoms with Gasteiger partial charge in [-0.2, -0.15) is 5.26 Å². The Bertz CT molecular complexity index is 1090. The zero-order valence-corrected chi connectivity index (χ0v) is 18.2. The first-order valence-corrected chi connectivity index (χ1v) is 10.9. The van der Waals surface area contributed by atoms with E-state index in [0.717, 1.165) is 11.1 Å². The molecule has 2 amide bonds. The molecule has 0 fully saturated rings. The van der Waals surface area contributed by atoms with Crippen LogP contribution in [0.2, 0.25) is 0 Å². The van der Waals surface area contributed by atoms with Gasteiger partial charge in [0.1, 0.15) is 5.75 Å². The van der Waals surface area contributed by atoms with Crippen LogP contribution in [0.3, 0.4) is 0 Å². The van der Waals surface area contributed by atoms with Crippen LogP contribution in [0, 0.1) is 18.3 Å². The van der Waals surface area contributed by atoms with Crippen molar-refractivity contribution in [2.75, 3.05) is 13.2 Å². The van der Waals surface area contributed by atoms with Gasteiger partial charge in [-0.1, -0.05) is 26.0 Å². The SMILES string of the molecule is Cc1ccc(C(C)C)c(OCC(=O)NNC(=O)CNS(=O)(=O)c2ccc(C#N)cc2)c1. The summed E-state index contributed by atoms with van der Waals surface area (Å²) in [6, 6.07) is 12.8. The van der Waals surface area contributed by atoms with Crippen LogP contribution < -0.4 is 20.3 Å². The molecule has 0 heterocycles. The van der Waals surface area contributed by atoms with E-state index in [4.69, 9.17) is 10.00 Å². The molecule has 0 spiro atoms. The molecule has 31 heavy (non-hydrogen) atoms. The van der Waals surface area contributed by atoms with Crippen LogP contribution in [0.5, 0.6) is 5.75 Å². The van der Waals surface area contributed by atoms with Crippen molar-refractivity contribution in [3.05, 3.63) is 59.2 Å². The van der Waals surface area contributed by atoms with Crippen molar-refractivity contribution in [2.24, 2.45) is 0 Å². The normalized spacial score (nSPS) is 10.9. The lowest BCUT2D eigenvalue weighted by atomic mass is 10.0. The molecule has 0 bridgehead atoms. The van der Waals surface area contributed by atoms with Crippen LogP contribution >= 0.6 is 0 Å². The Labute approximate surface area is 181 Å². The fraction of sp³-hybridized carbons (Fsp3) is 0.286. The topological polar surface area (TPSA) is 137 Å². The number of sulfonamides is 1. The summed E-state index contributed by atoms with van der Waals surface area (Å²) in [6.07, 6.45) is 0. The first-order valence-electron chi connectivity index (χ1n) is 9.43. The van der Waals surface area contributed by atoms with Gasteiger partial charge in [0.05, 0.1) is 23.1 Å². The molecule has 3 N–H and O–H groups in total. The molecule has 2 rings (SSSR count). The molecule has 2 aromatic carbocycles. The Morgan fingerprint density at radius 3 is 2.32 bits per heavy atom. The number of aryl methyl sites for hydroxylation is 1. The van der Waals surface area contributed by atoms with E-state index in [1.54, 1.807) is 0 Å². The number of nitrogens with one attached hydrogen (secondary N) is 3. The van der Waals surface area contributed by atoms with Gasteiger partial charge < -0.3 is 4.74 Å². The number of nitriles is 1. The summed E-state index contributed by atoms with van der Waals surface area (Å²) in [5.74, 6) is -0.558. The lowest BCUT2D eigenvalue weighted by Crippen LogP contribution is -2.47. The minimum Gasteiger partial charge on any atom is -0.483 e. The standard InChI is InChI=1S/C21H24N4O5S/c1-14(2)18-9-4-15(3)10-19(18)30-13-21(27)25-24-20(26)12-23-31(28,29)17-7-5-16(11-22)6-8-17/h4-10,14,23H,12-13H2,1-3H3,(H,24,26)(H,25,27). The van der Waals surface area contributed by atoms with Crippen molar-refractivity contribution >= 4 is 21.8 Å². The smallest absolute Gasteiger partial charge is 0.276 e. The maximum Gasteiger partial charge on any atom is 0.276 e. The second-order valence-corrected chi connectivity index (χ2v) is 8.81. The van der Waals surface area contributed by atoms with E-state index in [9.17, 15) is 18.0 Å². The largest absolute Gasteiger partial charge is 0.483 e. The van der Waals surface area contributed by atoms with E-state index < -0.39 is 28.4 Å². The first kappa shape index (κ1) is 23.9. The van der Waals surface area contributed by atoms with E-state index in [0.29, 0.717) is 11.3 Å². The Kier molecular flexibility index (Phi) is 8.13. The second kappa shape index (κ2) is 10.6. The predicted octanol–water partition coefficient (Wildman–Crippen LogP) is 1.49. The summed E-state index contributed by atoms with van der Waals surface area (Å²) in [6.45, 7) is 5.03. The number of rotatable bonds is 8. The highest BCUT2D eigenvalue weighted by Crippen LogP contribution is 2.27. The highest BCUT2D eigenvalue weighted by Gasteiger charge is 2.16. The number of ether oxygens (including phenoxy) is 1. The number of nitrogens with zero attached hydrogens (tertiary/aromatic N) is 1. The van der Waals surface area contributed by atoms with E-state index >= 15 is 0 Å². The van der Waals surface area contributed by atoms with Gasteiger partial charge in [0, 0.05) is 0 Å². The molecule has 0 saturated heterocycles. The van der Waals surface area contributed by atoms with E-state index in [2.05, 4.69) is 15.6 Å². The zero-order valence-electron chi connectivity index (χ0n) is 17.4. The molecular weight excluding hydrogens is 420 g/mol. The number of hydrogen-bond donors (Lipinski definition) is 3. The van der Waals surface area contributed by atoms with E-state index in [-0.39, 0.29) is 17.4 Å². The number of amides is 2. The first-order chi connectivity index (χ1) is 14.6. The quantitative estimate of drug-likeness (QED) is 0.528. The number of carbonyl (C=O) groups is 2. The summed E-state index contributed by atoms with van der Waals surface area (Å²) in [5.41, 5.74) is 6.55. The van der Waals surface area contributed by atoms with Gasteiger partial charge in [0.25, 0.3) is 11.8 Å². The Morgan fingerprint density at radius 2 is 1.71 bits per heavy atom. The van der Waals surface area contributed by atoms with Gasteiger partial charge in [0.15, 0.2) is 6.61 Å². The number of carbonyl (C=O) groups excluding carboxylic acids is 2. The van der Waals surface area contributed by atoms with Crippen LogP contribution in [0.1, 0.15) is 36.5 Å². The minimum absolute atomic E-state index is 0.0872. The number of hydrazine groups is 1. The van der Waals surface area contributed by atoms with Crippen LogP contribution in [-0.4, -0.2) is 33.4 Å². The average Bonchev–Trinajstić information content (AvgIpc) is 2.74. The van der Waals surface area contributed by atoms with Gasteiger partial charge in [-0.3, -0.25) is 20.4 Å². The van der Waals surface area contributed by atoms with Crippen molar-refractivity contribution < 1.29 is 22.7 Å². The maximum absolute atomic E-state index is 12.2. The van der Waals surface area contributed by atoms with E-state index in [1.165, 1.54) is 24.3 Å². The van der Waals surface area contributed by atoms with Crippen molar-refractivity contribution in [1.29, 1.82) is 5.26 Å². The highest BCUT2D eigenvalue weighted by molar-refractivity contribution is 7.89. The molecule has 0 unspecified atom stereocenters. The summed E-state index contributed by atoms with van der Waals surface area (Å²) in [7, 11) is -3.94. The van der Waals surface area contributed by atoms with E-state index in [1.807, 2.05) is 45.0 Å². The molecule has 10 heteroatoms. The molecule has 2 aromatic rings. The molecule has 0 radical (unpaired) electrons. The van der Waals surface area contributed by atoms with Gasteiger partial charge in [-0.15, -0.1) is 0 Å². The predicted molar refractivity (Wildman–Crippen MR) is 113 cm³/mol. The fourth-order valence-electron chi connectivity index (χ4n) is 2.56. The highest BCUT2D eigenvalue weighted by atomic mass is 32.2. The summed E-state index contributed by atoms with van der Waals surface area (Å²) < 4.78 is 32.0. The molecule has 0 atom stereocenters. The Balaban J connectivity index is 1.81. The molecule has 164 valence electrons. The molecule has 0 aromatic heterocycles. The van der Waals surface area contributed by atoms with Gasteiger partial charge in [0.2, 0.25) is 10.0 Å². The van der Waals surface area contributed by atoms with Crippen LogP contribution in [-0.2, 0) is 19.6 Å².